The number of rotatable bonds is 11. The molecule has 2 amide bonds. The van der Waals surface area contributed by atoms with Crippen LogP contribution in [-0.4, -0.2) is 89.1 Å². The van der Waals surface area contributed by atoms with E-state index in [2.05, 4.69) is 10.2 Å². The van der Waals surface area contributed by atoms with Crippen LogP contribution in [0.3, 0.4) is 0 Å². The van der Waals surface area contributed by atoms with E-state index in [1.165, 1.54) is 29.2 Å². The number of thioether (sulfide) groups is 1. The molecule has 2 heterocycles. The number of nitrogens with one attached hydrogen (secondary N) is 1. The first-order valence-corrected chi connectivity index (χ1v) is 16.8. The van der Waals surface area contributed by atoms with E-state index in [0.29, 0.717) is 62.8 Å². The first-order chi connectivity index (χ1) is 22.9. The highest BCUT2D eigenvalue weighted by atomic mass is 32.2. The minimum absolute atomic E-state index is 0.0151. The molecular formula is C33H35F4N3O6S2. The summed E-state index contributed by atoms with van der Waals surface area (Å²) in [6, 6.07) is 6.55. The molecule has 48 heavy (non-hydrogen) atoms. The Morgan fingerprint density at radius 1 is 1.08 bits per heavy atom. The minimum Gasteiger partial charge on any atom is -0.492 e. The van der Waals surface area contributed by atoms with E-state index in [1.807, 2.05) is 0 Å². The zero-order chi connectivity index (χ0) is 34.4. The number of carboxylic acid groups (broad SMARTS) is 1. The van der Waals surface area contributed by atoms with E-state index in [1.54, 1.807) is 0 Å². The number of nitrogens with zero attached hydrogens (tertiary/aromatic N) is 2. The van der Waals surface area contributed by atoms with Crippen molar-refractivity contribution in [2.75, 3.05) is 46.0 Å². The van der Waals surface area contributed by atoms with Gasteiger partial charge in [0.25, 0.3) is 5.91 Å². The summed E-state index contributed by atoms with van der Waals surface area (Å²) in [4.78, 5) is 41.0. The Bertz CT molecular complexity index is 1570. The molecule has 3 aliphatic rings. The maximum atomic E-state index is 14.8. The number of hydrogen-bond acceptors (Lipinski definition) is 8. The highest BCUT2D eigenvalue weighted by Gasteiger charge is 2.34. The number of carbonyl (C=O) groups excluding carboxylic acids is 2. The van der Waals surface area contributed by atoms with Crippen molar-refractivity contribution in [3.05, 3.63) is 58.2 Å². The van der Waals surface area contributed by atoms with Gasteiger partial charge in [0.2, 0.25) is 5.91 Å². The lowest BCUT2D eigenvalue weighted by molar-refractivity contribution is -0.143. The number of carboxylic acids is 1. The Kier molecular flexibility index (Phi) is 11.8. The Balaban J connectivity index is 1.31. The van der Waals surface area contributed by atoms with Crippen LogP contribution in [0.1, 0.15) is 43.2 Å². The van der Waals surface area contributed by atoms with Gasteiger partial charge < -0.3 is 19.9 Å². The van der Waals surface area contributed by atoms with Gasteiger partial charge in [-0.2, -0.15) is 13.2 Å². The molecule has 0 unspecified atom stereocenters. The third kappa shape index (κ3) is 9.12. The lowest BCUT2D eigenvalue weighted by Crippen LogP contribution is -2.40. The highest BCUT2D eigenvalue weighted by molar-refractivity contribution is 8.26. The number of hydrogen-bond donors (Lipinski definition) is 2. The van der Waals surface area contributed by atoms with Gasteiger partial charge in [-0.15, -0.1) is 0 Å². The normalized spacial score (nSPS) is 21.5. The Hall–Kier alpha value is -3.53. The fraction of sp³-hybridized carbons (Fsp3) is 0.455. The van der Waals surface area contributed by atoms with Crippen molar-refractivity contribution in [3.8, 4) is 16.9 Å². The molecule has 9 nitrogen and oxygen atoms in total. The number of halogens is 4. The zero-order valence-corrected chi connectivity index (χ0v) is 27.5. The SMILES string of the molecule is O=C(CCN1C(=O)C(=Cc2cc(-c3cc(C(F)(F)F)ccc3F)ccc2OCCN2CCOCC2)SC1=S)NC1CCC(C(=O)O)CC1. The summed E-state index contributed by atoms with van der Waals surface area (Å²) in [6.07, 6.45) is -1.07. The topological polar surface area (TPSA) is 108 Å². The zero-order valence-electron chi connectivity index (χ0n) is 25.9. The van der Waals surface area contributed by atoms with Crippen LogP contribution in [-0.2, 0) is 25.3 Å². The summed E-state index contributed by atoms with van der Waals surface area (Å²) in [7, 11) is 0. The summed E-state index contributed by atoms with van der Waals surface area (Å²) < 4.78 is 66.8. The number of thiocarbonyl (C=S) groups is 1. The highest BCUT2D eigenvalue weighted by Crippen LogP contribution is 2.38. The molecule has 5 rings (SSSR count). The monoisotopic (exact) mass is 709 g/mol. The van der Waals surface area contributed by atoms with Crippen molar-refractivity contribution >= 4 is 52.2 Å². The molecule has 0 spiro atoms. The predicted octanol–water partition coefficient (Wildman–Crippen LogP) is 5.57. The first kappa shape index (κ1) is 35.8. The fourth-order valence-corrected chi connectivity index (χ4v) is 7.12. The van der Waals surface area contributed by atoms with Gasteiger partial charge in [-0.05, 0) is 67.7 Å². The molecule has 0 radical (unpaired) electrons. The largest absolute Gasteiger partial charge is 0.492 e. The van der Waals surface area contributed by atoms with E-state index in [0.717, 1.165) is 37.0 Å². The molecule has 1 saturated carbocycles. The number of morpholine rings is 1. The van der Waals surface area contributed by atoms with Gasteiger partial charge in [-0.1, -0.05) is 30.0 Å². The van der Waals surface area contributed by atoms with E-state index >= 15 is 0 Å². The summed E-state index contributed by atoms with van der Waals surface area (Å²) in [5, 5.41) is 12.1. The first-order valence-electron chi connectivity index (χ1n) is 15.6. The fourth-order valence-electron chi connectivity index (χ4n) is 5.82. The molecule has 3 fully saturated rings. The van der Waals surface area contributed by atoms with E-state index in [4.69, 9.17) is 21.7 Å². The van der Waals surface area contributed by atoms with Crippen molar-refractivity contribution in [3.63, 3.8) is 0 Å². The quantitative estimate of drug-likeness (QED) is 0.176. The second-order valence-electron chi connectivity index (χ2n) is 11.8. The van der Waals surface area contributed by atoms with Crippen LogP contribution in [0.5, 0.6) is 5.75 Å². The average Bonchev–Trinajstić information content (AvgIpc) is 3.32. The standard InChI is InChI=1S/C33H35F4N3O6S2/c34-26-7-4-23(33(35,36)37)19-25(26)21-3-8-27(46-16-13-39-11-14-45-15-12-39)22(17-21)18-28-30(42)40(32(47)48-28)10-9-29(41)38-24-5-1-20(2-6-24)31(43)44/h3-4,7-8,17-20,24H,1-2,5-6,9-16H2,(H,38,41)(H,43,44). The van der Waals surface area contributed by atoms with Crippen molar-refractivity contribution in [2.24, 2.45) is 5.92 Å². The predicted molar refractivity (Wildman–Crippen MR) is 176 cm³/mol. The number of alkyl halides is 3. The minimum atomic E-state index is -4.67. The average molecular weight is 710 g/mol. The number of amides is 2. The molecule has 2 aromatic carbocycles. The lowest BCUT2D eigenvalue weighted by atomic mass is 9.86. The van der Waals surface area contributed by atoms with Crippen LogP contribution >= 0.6 is 24.0 Å². The molecule has 2 aromatic rings. The van der Waals surface area contributed by atoms with Crippen LogP contribution in [0.2, 0.25) is 0 Å². The smallest absolute Gasteiger partial charge is 0.416 e. The van der Waals surface area contributed by atoms with Crippen molar-refractivity contribution < 1.29 is 46.5 Å². The summed E-state index contributed by atoms with van der Waals surface area (Å²) in [6.45, 7) is 3.62. The summed E-state index contributed by atoms with van der Waals surface area (Å²) in [5.41, 5.74) is -0.741. The van der Waals surface area contributed by atoms with Crippen LogP contribution < -0.4 is 10.1 Å². The molecule has 2 N–H and O–H groups in total. The van der Waals surface area contributed by atoms with E-state index in [9.17, 15) is 37.1 Å². The number of carbonyl (C=O) groups is 3. The molecule has 0 bridgehead atoms. The van der Waals surface area contributed by atoms with Crippen molar-refractivity contribution in [1.29, 1.82) is 0 Å². The molecule has 1 aliphatic carbocycles. The van der Waals surface area contributed by atoms with Gasteiger partial charge in [0.15, 0.2) is 0 Å². The lowest BCUT2D eigenvalue weighted by Gasteiger charge is -2.27. The van der Waals surface area contributed by atoms with Crippen LogP contribution in [0.15, 0.2) is 41.3 Å². The Labute approximate surface area is 284 Å². The second-order valence-corrected chi connectivity index (χ2v) is 13.5. The second kappa shape index (κ2) is 15.8. The molecule has 0 aromatic heterocycles. The molecule has 258 valence electrons. The van der Waals surface area contributed by atoms with Gasteiger partial charge in [-0.3, -0.25) is 24.2 Å². The van der Waals surface area contributed by atoms with Gasteiger partial charge in [0.1, 0.15) is 22.5 Å². The van der Waals surface area contributed by atoms with E-state index < -0.39 is 35.4 Å². The van der Waals surface area contributed by atoms with Gasteiger partial charge in [0, 0.05) is 49.8 Å². The Morgan fingerprint density at radius 3 is 2.50 bits per heavy atom. The Morgan fingerprint density at radius 2 is 1.81 bits per heavy atom. The number of ether oxygens (including phenoxy) is 2. The van der Waals surface area contributed by atoms with Crippen molar-refractivity contribution in [2.45, 2.75) is 44.3 Å². The summed E-state index contributed by atoms with van der Waals surface area (Å²) >= 11 is 6.46. The van der Waals surface area contributed by atoms with Crippen LogP contribution in [0.4, 0.5) is 17.6 Å². The molecule has 2 aliphatic heterocycles. The maximum absolute atomic E-state index is 14.8. The van der Waals surface area contributed by atoms with E-state index in [-0.39, 0.29) is 51.9 Å². The van der Waals surface area contributed by atoms with Crippen LogP contribution in [0, 0.1) is 11.7 Å². The molecule has 15 heteroatoms. The maximum Gasteiger partial charge on any atom is 0.416 e. The van der Waals surface area contributed by atoms with Gasteiger partial charge in [0.05, 0.1) is 29.6 Å². The molecule has 0 atom stereocenters. The number of benzene rings is 2. The van der Waals surface area contributed by atoms with Crippen molar-refractivity contribution in [1.82, 2.24) is 15.1 Å². The third-order valence-corrected chi connectivity index (χ3v) is 9.93. The summed E-state index contributed by atoms with van der Waals surface area (Å²) in [5.74, 6) is -2.45. The van der Waals surface area contributed by atoms with Gasteiger partial charge >= 0.3 is 12.1 Å². The number of aliphatic carboxylic acids is 1. The third-order valence-electron chi connectivity index (χ3n) is 8.55. The molecular weight excluding hydrogens is 675 g/mol. The van der Waals surface area contributed by atoms with Crippen LogP contribution in [0.25, 0.3) is 17.2 Å². The van der Waals surface area contributed by atoms with Gasteiger partial charge in [-0.25, -0.2) is 4.39 Å². The molecule has 2 saturated heterocycles.